The topological polar surface area (TPSA) is 64.6 Å². The maximum absolute atomic E-state index is 13.5. The average molecular weight is 424 g/mol. The van der Waals surface area contributed by atoms with Gasteiger partial charge in [-0.15, -0.1) is 0 Å². The molecule has 166 valence electrons. The lowest BCUT2D eigenvalue weighted by Crippen LogP contribution is -2.39. The number of ether oxygens (including phenoxy) is 2. The number of carbonyl (C=O) groups excluding carboxylic acids is 2. The number of esters is 1. The predicted octanol–water partition coefficient (Wildman–Crippen LogP) is 5.18. The lowest BCUT2D eigenvalue weighted by atomic mass is 9.68. The summed E-state index contributed by atoms with van der Waals surface area (Å²) in [5.41, 5.74) is 3.62. The summed E-state index contributed by atoms with van der Waals surface area (Å²) in [5.74, 6) is -0.0381. The first-order chi connectivity index (χ1) is 14.8. The van der Waals surface area contributed by atoms with Crippen LogP contribution in [0.4, 0.5) is 0 Å². The third kappa shape index (κ3) is 4.28. The molecule has 0 unspecified atom stereocenters. The maximum atomic E-state index is 13.5. The van der Waals surface area contributed by atoms with Crippen molar-refractivity contribution in [1.82, 2.24) is 5.32 Å². The minimum atomic E-state index is -0.480. The third-order valence-corrected chi connectivity index (χ3v) is 6.74. The average Bonchev–Trinajstić information content (AvgIpc) is 2.72. The number of allylic oxidation sites excluding steroid dienone is 3. The molecule has 0 amide bonds. The van der Waals surface area contributed by atoms with Gasteiger partial charge < -0.3 is 14.8 Å². The molecule has 0 saturated heterocycles. The van der Waals surface area contributed by atoms with Crippen molar-refractivity contribution < 1.29 is 19.1 Å². The van der Waals surface area contributed by atoms with Gasteiger partial charge in [0.1, 0.15) is 11.9 Å². The molecule has 2 aliphatic carbocycles. The molecule has 0 spiro atoms. The Morgan fingerprint density at radius 3 is 2.52 bits per heavy atom. The quantitative estimate of drug-likeness (QED) is 0.677. The molecule has 1 fully saturated rings. The van der Waals surface area contributed by atoms with E-state index in [0.717, 1.165) is 49.1 Å². The first kappa shape index (κ1) is 21.7. The summed E-state index contributed by atoms with van der Waals surface area (Å²) in [6.45, 7) is 6.14. The van der Waals surface area contributed by atoms with Crippen LogP contribution in [0.2, 0.25) is 0 Å². The fourth-order valence-electron chi connectivity index (χ4n) is 5.32. The summed E-state index contributed by atoms with van der Waals surface area (Å²) in [5, 5.41) is 3.41. The first-order valence-corrected chi connectivity index (χ1v) is 11.4. The maximum Gasteiger partial charge on any atom is 0.337 e. The Morgan fingerprint density at radius 1 is 1.10 bits per heavy atom. The van der Waals surface area contributed by atoms with Gasteiger partial charge in [-0.25, -0.2) is 4.79 Å². The number of nitrogens with one attached hydrogen (secondary N) is 1. The van der Waals surface area contributed by atoms with Gasteiger partial charge in [0.2, 0.25) is 0 Å². The molecule has 0 radical (unpaired) electrons. The number of benzene rings is 1. The van der Waals surface area contributed by atoms with Gasteiger partial charge >= 0.3 is 5.97 Å². The Bertz CT molecular complexity index is 950. The second-order valence-electron chi connectivity index (χ2n) is 9.84. The lowest BCUT2D eigenvalue weighted by Gasteiger charge is -2.40. The van der Waals surface area contributed by atoms with Gasteiger partial charge in [-0.1, -0.05) is 38.5 Å². The minimum Gasteiger partial charge on any atom is -0.496 e. The SMILES string of the molecule is COc1ccccc1[C@@H]1C(C(=O)OC2CCCCC2)=C(C)NC2=C1C(=O)CC(C)(C)C2. The molecule has 1 saturated carbocycles. The highest BCUT2D eigenvalue weighted by atomic mass is 16.5. The molecule has 31 heavy (non-hydrogen) atoms. The van der Waals surface area contributed by atoms with Gasteiger partial charge in [0.25, 0.3) is 0 Å². The second kappa shape index (κ2) is 8.52. The Hall–Kier alpha value is -2.56. The van der Waals surface area contributed by atoms with E-state index in [0.29, 0.717) is 23.3 Å². The van der Waals surface area contributed by atoms with Gasteiger partial charge in [-0.3, -0.25) is 4.79 Å². The van der Waals surface area contributed by atoms with Crippen molar-refractivity contribution in [2.75, 3.05) is 7.11 Å². The molecule has 4 rings (SSSR count). The minimum absolute atomic E-state index is 0.0452. The fraction of sp³-hybridized carbons (Fsp3) is 0.538. The first-order valence-electron chi connectivity index (χ1n) is 11.4. The van der Waals surface area contributed by atoms with Crippen LogP contribution in [0.1, 0.15) is 77.2 Å². The van der Waals surface area contributed by atoms with Crippen LogP contribution in [0.15, 0.2) is 46.8 Å². The number of carbonyl (C=O) groups is 2. The standard InChI is InChI=1S/C26H33NO4/c1-16-22(25(29)31-17-10-6-5-7-11-17)23(18-12-8-9-13-21(18)30-4)24-19(27-16)14-26(2,3)15-20(24)28/h8-9,12-13,17,23,27H,5-7,10-11,14-15H2,1-4H3/t23-/m1/s1. The summed E-state index contributed by atoms with van der Waals surface area (Å²) in [4.78, 5) is 26.9. The number of Topliss-reactive ketones (excluding diaryl/α,β-unsaturated/α-hetero) is 1. The molecule has 1 aliphatic heterocycles. The van der Waals surface area contributed by atoms with Crippen LogP contribution in [-0.2, 0) is 14.3 Å². The summed E-state index contributed by atoms with van der Waals surface area (Å²) in [7, 11) is 1.62. The molecular formula is C26H33NO4. The van der Waals surface area contributed by atoms with Gasteiger partial charge in [-0.05, 0) is 50.5 Å². The van der Waals surface area contributed by atoms with E-state index in [2.05, 4.69) is 19.2 Å². The van der Waals surface area contributed by atoms with Gasteiger partial charge in [0.05, 0.1) is 18.6 Å². The molecule has 1 aromatic rings. The predicted molar refractivity (Wildman–Crippen MR) is 120 cm³/mol. The van der Waals surface area contributed by atoms with E-state index in [-0.39, 0.29) is 23.3 Å². The molecule has 5 heteroatoms. The fourth-order valence-corrected chi connectivity index (χ4v) is 5.32. The van der Waals surface area contributed by atoms with Crippen LogP contribution in [0.25, 0.3) is 0 Å². The van der Waals surface area contributed by atoms with Crippen LogP contribution < -0.4 is 10.1 Å². The Morgan fingerprint density at radius 2 is 1.81 bits per heavy atom. The van der Waals surface area contributed by atoms with Crippen LogP contribution >= 0.6 is 0 Å². The van der Waals surface area contributed by atoms with Crippen LogP contribution in [-0.4, -0.2) is 25.0 Å². The number of para-hydroxylation sites is 1. The van der Waals surface area contributed by atoms with E-state index in [1.165, 1.54) is 6.42 Å². The normalized spacial score (nSPS) is 23.9. The summed E-state index contributed by atoms with van der Waals surface area (Å²) >= 11 is 0. The Balaban J connectivity index is 1.79. The van der Waals surface area contributed by atoms with E-state index >= 15 is 0 Å². The van der Waals surface area contributed by atoms with E-state index in [1.54, 1.807) is 7.11 Å². The summed E-state index contributed by atoms with van der Waals surface area (Å²) in [6.07, 6.45) is 6.38. The van der Waals surface area contributed by atoms with Crippen molar-refractivity contribution in [3.8, 4) is 5.75 Å². The van der Waals surface area contributed by atoms with Crippen molar-refractivity contribution in [3.05, 3.63) is 52.4 Å². The van der Waals surface area contributed by atoms with Crippen LogP contribution in [0.5, 0.6) is 5.75 Å². The highest BCUT2D eigenvalue weighted by Crippen LogP contribution is 2.48. The highest BCUT2D eigenvalue weighted by Gasteiger charge is 2.44. The molecule has 5 nitrogen and oxygen atoms in total. The van der Waals surface area contributed by atoms with Crippen molar-refractivity contribution in [2.24, 2.45) is 5.41 Å². The zero-order valence-electron chi connectivity index (χ0n) is 19.0. The largest absolute Gasteiger partial charge is 0.496 e. The molecule has 1 N–H and O–H groups in total. The van der Waals surface area contributed by atoms with Crippen molar-refractivity contribution in [3.63, 3.8) is 0 Å². The highest BCUT2D eigenvalue weighted by molar-refractivity contribution is 6.04. The zero-order chi connectivity index (χ0) is 22.2. The number of hydrogen-bond acceptors (Lipinski definition) is 5. The molecule has 1 atom stereocenters. The monoisotopic (exact) mass is 423 g/mol. The number of hydrogen-bond donors (Lipinski definition) is 1. The molecule has 1 aromatic carbocycles. The van der Waals surface area contributed by atoms with Gasteiger partial charge in [0.15, 0.2) is 5.78 Å². The van der Waals surface area contributed by atoms with Crippen LogP contribution in [0.3, 0.4) is 0 Å². The van der Waals surface area contributed by atoms with Crippen LogP contribution in [0, 0.1) is 5.41 Å². The number of dihydropyridines is 1. The third-order valence-electron chi connectivity index (χ3n) is 6.74. The number of rotatable bonds is 4. The van der Waals surface area contributed by atoms with E-state index in [9.17, 15) is 9.59 Å². The van der Waals surface area contributed by atoms with Crippen molar-refractivity contribution in [1.29, 1.82) is 0 Å². The van der Waals surface area contributed by atoms with E-state index in [1.807, 2.05) is 31.2 Å². The lowest BCUT2D eigenvalue weighted by molar-refractivity contribution is -0.146. The summed E-state index contributed by atoms with van der Waals surface area (Å²) < 4.78 is 11.6. The number of ketones is 1. The van der Waals surface area contributed by atoms with Crippen molar-refractivity contribution in [2.45, 2.75) is 77.7 Å². The Kier molecular flexibility index (Phi) is 5.96. The Labute approximate surface area is 184 Å². The van der Waals surface area contributed by atoms with E-state index < -0.39 is 5.92 Å². The van der Waals surface area contributed by atoms with Crippen molar-refractivity contribution >= 4 is 11.8 Å². The van der Waals surface area contributed by atoms with E-state index in [4.69, 9.17) is 9.47 Å². The smallest absolute Gasteiger partial charge is 0.337 e. The zero-order valence-corrected chi connectivity index (χ0v) is 19.0. The molecular weight excluding hydrogens is 390 g/mol. The molecule has 1 heterocycles. The van der Waals surface area contributed by atoms with Gasteiger partial charge in [-0.2, -0.15) is 0 Å². The summed E-state index contributed by atoms with van der Waals surface area (Å²) in [6, 6.07) is 7.67. The molecule has 0 aromatic heterocycles. The second-order valence-corrected chi connectivity index (χ2v) is 9.84. The molecule has 0 bridgehead atoms. The van der Waals surface area contributed by atoms with Gasteiger partial charge in [0, 0.05) is 29.0 Å². The molecule has 3 aliphatic rings. The number of methoxy groups -OCH3 is 1.